The lowest BCUT2D eigenvalue weighted by atomic mass is 10.1. The fourth-order valence-electron chi connectivity index (χ4n) is 2.03. The fourth-order valence-corrected chi connectivity index (χ4v) is 2.03. The Kier molecular flexibility index (Phi) is 4.15. The van der Waals surface area contributed by atoms with Gasteiger partial charge in [-0.2, -0.15) is 5.10 Å². The summed E-state index contributed by atoms with van der Waals surface area (Å²) in [7, 11) is 1.80. The molecule has 2 rings (SSSR count). The summed E-state index contributed by atoms with van der Waals surface area (Å²) in [6, 6.07) is 1.85. The maximum absolute atomic E-state index is 12.0. The van der Waals surface area contributed by atoms with Crippen LogP contribution in [0.5, 0.6) is 0 Å². The summed E-state index contributed by atoms with van der Waals surface area (Å²) in [6.07, 6.45) is 3.99. The van der Waals surface area contributed by atoms with E-state index in [1.54, 1.807) is 11.7 Å². The molecule has 0 bridgehead atoms. The number of nitrogens with zero attached hydrogens (tertiary/aromatic N) is 2. The van der Waals surface area contributed by atoms with Crippen molar-refractivity contribution in [2.45, 2.75) is 19.8 Å². The molecular weight excluding hydrogens is 228 g/mol. The Morgan fingerprint density at radius 3 is 3.06 bits per heavy atom. The Morgan fingerprint density at radius 1 is 1.61 bits per heavy atom. The first kappa shape index (κ1) is 12.8. The van der Waals surface area contributed by atoms with Crippen molar-refractivity contribution in [2.24, 2.45) is 7.05 Å². The first-order chi connectivity index (χ1) is 8.70. The van der Waals surface area contributed by atoms with Gasteiger partial charge in [-0.05, 0) is 25.5 Å². The molecule has 0 radical (unpaired) electrons. The smallest absolute Gasteiger partial charge is 0.269 e. The summed E-state index contributed by atoms with van der Waals surface area (Å²) < 4.78 is 1.64. The minimum absolute atomic E-state index is 0.0517. The van der Waals surface area contributed by atoms with Gasteiger partial charge in [0.25, 0.3) is 5.91 Å². The molecule has 0 unspecified atom stereocenters. The van der Waals surface area contributed by atoms with Gasteiger partial charge in [-0.1, -0.05) is 18.6 Å². The first-order valence-corrected chi connectivity index (χ1v) is 6.40. The number of nitrogens with one attached hydrogen (secondary N) is 2. The van der Waals surface area contributed by atoms with Crippen molar-refractivity contribution in [2.75, 3.05) is 19.6 Å². The second kappa shape index (κ2) is 5.82. The van der Waals surface area contributed by atoms with E-state index >= 15 is 0 Å². The third-order valence-corrected chi connectivity index (χ3v) is 3.16. The summed E-state index contributed by atoms with van der Waals surface area (Å²) >= 11 is 0. The van der Waals surface area contributed by atoms with Crippen LogP contribution in [0, 0.1) is 0 Å². The molecule has 5 nitrogen and oxygen atoms in total. The highest BCUT2D eigenvalue weighted by Crippen LogP contribution is 2.06. The van der Waals surface area contributed by atoms with Gasteiger partial charge < -0.3 is 10.6 Å². The van der Waals surface area contributed by atoms with E-state index in [0.29, 0.717) is 12.2 Å². The Labute approximate surface area is 107 Å². The van der Waals surface area contributed by atoms with Crippen LogP contribution in [0.3, 0.4) is 0 Å². The largest absolute Gasteiger partial charge is 0.347 e. The maximum Gasteiger partial charge on any atom is 0.269 e. The lowest BCUT2D eigenvalue weighted by Gasteiger charge is -2.14. The Bertz CT molecular complexity index is 462. The van der Waals surface area contributed by atoms with Gasteiger partial charge in [-0.3, -0.25) is 9.48 Å². The molecule has 1 aromatic rings. The molecule has 0 atom stereocenters. The zero-order valence-corrected chi connectivity index (χ0v) is 11.0. The molecule has 1 aromatic heterocycles. The molecule has 0 fully saturated rings. The first-order valence-electron chi connectivity index (χ1n) is 6.40. The Morgan fingerprint density at radius 2 is 2.44 bits per heavy atom. The van der Waals surface area contributed by atoms with Crippen LogP contribution in [0.15, 0.2) is 17.7 Å². The van der Waals surface area contributed by atoms with Crippen molar-refractivity contribution in [3.63, 3.8) is 0 Å². The van der Waals surface area contributed by atoms with E-state index in [2.05, 4.69) is 21.8 Å². The number of rotatable bonds is 4. The number of carbonyl (C=O) groups is 1. The molecule has 0 aliphatic carbocycles. The van der Waals surface area contributed by atoms with Crippen LogP contribution in [0.25, 0.3) is 0 Å². The summed E-state index contributed by atoms with van der Waals surface area (Å²) in [6.45, 7) is 4.56. The van der Waals surface area contributed by atoms with Gasteiger partial charge in [0.2, 0.25) is 0 Å². The van der Waals surface area contributed by atoms with Gasteiger partial charge in [0, 0.05) is 20.1 Å². The normalized spacial score (nSPS) is 15.3. The summed E-state index contributed by atoms with van der Waals surface area (Å²) in [5, 5.41) is 10.5. The van der Waals surface area contributed by atoms with Crippen LogP contribution >= 0.6 is 0 Å². The Hall–Kier alpha value is -1.62. The topological polar surface area (TPSA) is 59.0 Å². The van der Waals surface area contributed by atoms with Gasteiger partial charge in [-0.25, -0.2) is 0 Å². The summed E-state index contributed by atoms with van der Waals surface area (Å²) in [5.74, 6) is -0.0517. The highest BCUT2D eigenvalue weighted by molar-refractivity contribution is 5.92. The molecule has 2 heterocycles. The van der Waals surface area contributed by atoms with E-state index in [0.717, 1.165) is 31.6 Å². The minimum atomic E-state index is -0.0517. The molecule has 1 amide bonds. The molecule has 18 heavy (non-hydrogen) atoms. The van der Waals surface area contributed by atoms with Crippen molar-refractivity contribution in [3.8, 4) is 0 Å². The summed E-state index contributed by atoms with van der Waals surface area (Å²) in [5.41, 5.74) is 2.87. The van der Waals surface area contributed by atoms with Crippen molar-refractivity contribution in [1.29, 1.82) is 0 Å². The van der Waals surface area contributed by atoms with E-state index in [9.17, 15) is 4.79 Å². The molecule has 1 aliphatic rings. The molecule has 5 heteroatoms. The van der Waals surface area contributed by atoms with Gasteiger partial charge in [0.05, 0.1) is 5.69 Å². The number of aryl methyl sites for hydroxylation is 2. The molecular formula is C13H20N4O. The third kappa shape index (κ3) is 2.98. The van der Waals surface area contributed by atoms with E-state index in [-0.39, 0.29) is 5.91 Å². The molecule has 0 aromatic carbocycles. The number of aromatic nitrogens is 2. The van der Waals surface area contributed by atoms with Crippen LogP contribution in [0.2, 0.25) is 0 Å². The minimum Gasteiger partial charge on any atom is -0.347 e. The standard InChI is InChI=1S/C13H20N4O/c1-3-11-8-12(17(2)16-11)13(18)15-9-10-4-6-14-7-5-10/h4,8,14H,3,5-7,9H2,1-2H3,(H,15,18). The predicted molar refractivity (Wildman–Crippen MR) is 70.5 cm³/mol. The van der Waals surface area contributed by atoms with Crippen molar-refractivity contribution in [1.82, 2.24) is 20.4 Å². The molecule has 0 saturated carbocycles. The molecule has 2 N–H and O–H groups in total. The van der Waals surface area contributed by atoms with Crippen molar-refractivity contribution >= 4 is 5.91 Å². The van der Waals surface area contributed by atoms with E-state index in [1.165, 1.54) is 5.57 Å². The second-order valence-electron chi connectivity index (χ2n) is 4.50. The van der Waals surface area contributed by atoms with Crippen LogP contribution in [0.4, 0.5) is 0 Å². The van der Waals surface area contributed by atoms with E-state index < -0.39 is 0 Å². The quantitative estimate of drug-likeness (QED) is 0.768. The number of hydrogen-bond acceptors (Lipinski definition) is 3. The predicted octanol–water partition coefficient (Wildman–Crippen LogP) is 0.632. The number of amides is 1. The molecule has 1 aliphatic heterocycles. The highest BCUT2D eigenvalue weighted by Gasteiger charge is 2.13. The van der Waals surface area contributed by atoms with Crippen LogP contribution < -0.4 is 10.6 Å². The van der Waals surface area contributed by atoms with Crippen molar-refractivity contribution < 1.29 is 4.79 Å². The second-order valence-corrected chi connectivity index (χ2v) is 4.50. The van der Waals surface area contributed by atoms with Gasteiger partial charge >= 0.3 is 0 Å². The third-order valence-electron chi connectivity index (χ3n) is 3.16. The monoisotopic (exact) mass is 248 g/mol. The zero-order chi connectivity index (χ0) is 13.0. The van der Waals surface area contributed by atoms with Crippen LogP contribution in [0.1, 0.15) is 29.5 Å². The van der Waals surface area contributed by atoms with Crippen LogP contribution in [-0.2, 0) is 13.5 Å². The van der Waals surface area contributed by atoms with Crippen LogP contribution in [-0.4, -0.2) is 35.3 Å². The lowest BCUT2D eigenvalue weighted by molar-refractivity contribution is 0.0947. The molecule has 98 valence electrons. The van der Waals surface area contributed by atoms with Gasteiger partial charge in [0.1, 0.15) is 5.69 Å². The Balaban J connectivity index is 1.94. The number of hydrogen-bond donors (Lipinski definition) is 2. The fraction of sp³-hybridized carbons (Fsp3) is 0.538. The van der Waals surface area contributed by atoms with E-state index in [4.69, 9.17) is 0 Å². The number of carbonyl (C=O) groups excluding carboxylic acids is 1. The molecule has 0 saturated heterocycles. The highest BCUT2D eigenvalue weighted by atomic mass is 16.2. The van der Waals surface area contributed by atoms with E-state index in [1.807, 2.05) is 13.0 Å². The lowest BCUT2D eigenvalue weighted by Crippen LogP contribution is -2.30. The molecule has 0 spiro atoms. The average molecular weight is 248 g/mol. The summed E-state index contributed by atoms with van der Waals surface area (Å²) in [4.78, 5) is 12.0. The SMILES string of the molecule is CCc1cc(C(=O)NCC2=CCNCC2)n(C)n1. The van der Waals surface area contributed by atoms with Crippen molar-refractivity contribution in [3.05, 3.63) is 29.1 Å². The average Bonchev–Trinajstić information content (AvgIpc) is 2.78. The zero-order valence-electron chi connectivity index (χ0n) is 11.0. The maximum atomic E-state index is 12.0. The van der Waals surface area contributed by atoms with Gasteiger partial charge in [0.15, 0.2) is 0 Å². The van der Waals surface area contributed by atoms with Gasteiger partial charge in [-0.15, -0.1) is 0 Å².